The number of piperidine rings is 1. The fourth-order valence-electron chi connectivity index (χ4n) is 4.18. The van der Waals surface area contributed by atoms with Crippen LogP contribution in [0.2, 0.25) is 0 Å². The van der Waals surface area contributed by atoms with E-state index in [-0.39, 0.29) is 17.8 Å². The van der Waals surface area contributed by atoms with E-state index in [0.717, 1.165) is 31.7 Å². The van der Waals surface area contributed by atoms with Crippen molar-refractivity contribution in [3.63, 3.8) is 0 Å². The molecule has 178 valence electrons. The third kappa shape index (κ3) is 6.78. The van der Waals surface area contributed by atoms with Crippen molar-refractivity contribution >= 4 is 12.0 Å². The van der Waals surface area contributed by atoms with Gasteiger partial charge < -0.3 is 9.64 Å². The van der Waals surface area contributed by atoms with Crippen LogP contribution in [0.1, 0.15) is 29.5 Å². The normalized spacial score (nSPS) is 14.8. The number of aryl methyl sites for hydroxylation is 1. The molecule has 1 aromatic heterocycles. The Morgan fingerprint density at radius 3 is 2.56 bits per heavy atom. The lowest BCUT2D eigenvalue weighted by molar-refractivity contribution is -0.127. The average Bonchev–Trinajstić information content (AvgIpc) is 3.23. The zero-order chi connectivity index (χ0) is 23.9. The topological polar surface area (TPSA) is 50.6 Å². The van der Waals surface area contributed by atoms with E-state index in [2.05, 4.69) is 29.2 Å². The smallest absolute Gasteiger partial charge is 0.246 e. The van der Waals surface area contributed by atoms with Crippen molar-refractivity contribution in [1.82, 2.24) is 19.6 Å². The predicted molar refractivity (Wildman–Crippen MR) is 130 cm³/mol. The maximum atomic E-state index is 13.3. The maximum absolute atomic E-state index is 13.3. The van der Waals surface area contributed by atoms with Gasteiger partial charge in [0.1, 0.15) is 17.7 Å². The van der Waals surface area contributed by atoms with Crippen LogP contribution in [0, 0.1) is 5.82 Å². The first kappa shape index (κ1) is 23.7. The zero-order valence-electron chi connectivity index (χ0n) is 19.7. The Kier molecular flexibility index (Phi) is 7.75. The van der Waals surface area contributed by atoms with Gasteiger partial charge in [-0.25, -0.2) is 4.39 Å². The molecule has 3 aromatic rings. The number of rotatable bonds is 8. The molecule has 7 heteroatoms. The summed E-state index contributed by atoms with van der Waals surface area (Å²) in [5.41, 5.74) is 3.10. The van der Waals surface area contributed by atoms with Gasteiger partial charge in [0.05, 0.1) is 6.20 Å². The van der Waals surface area contributed by atoms with Crippen LogP contribution in [-0.2, 0) is 24.9 Å². The van der Waals surface area contributed by atoms with Gasteiger partial charge in [0.25, 0.3) is 0 Å². The molecule has 1 amide bonds. The minimum absolute atomic E-state index is 0.0533. The van der Waals surface area contributed by atoms with Crippen LogP contribution < -0.4 is 4.74 Å². The van der Waals surface area contributed by atoms with E-state index < -0.39 is 0 Å². The Labute approximate surface area is 200 Å². The van der Waals surface area contributed by atoms with Gasteiger partial charge in [0, 0.05) is 63.9 Å². The van der Waals surface area contributed by atoms with Gasteiger partial charge in [-0.15, -0.1) is 0 Å². The first-order chi connectivity index (χ1) is 16.4. The van der Waals surface area contributed by atoms with Crippen LogP contribution in [0.15, 0.2) is 67.0 Å². The lowest BCUT2D eigenvalue weighted by atomic mass is 10.1. The van der Waals surface area contributed by atoms with Crippen LogP contribution in [0.5, 0.6) is 5.75 Å². The van der Waals surface area contributed by atoms with E-state index in [1.807, 2.05) is 41.2 Å². The summed E-state index contributed by atoms with van der Waals surface area (Å²) in [6, 6.07) is 14.5. The van der Waals surface area contributed by atoms with E-state index in [0.29, 0.717) is 18.7 Å². The number of hydrogen-bond acceptors (Lipinski definition) is 4. The molecule has 0 unspecified atom stereocenters. The molecular formula is C27H31FN4O2. The Hall–Kier alpha value is -3.45. The van der Waals surface area contributed by atoms with Crippen LogP contribution >= 0.6 is 0 Å². The molecular weight excluding hydrogens is 431 g/mol. The van der Waals surface area contributed by atoms with Crippen LogP contribution in [-0.4, -0.2) is 51.7 Å². The molecule has 2 aromatic carbocycles. The third-order valence-electron chi connectivity index (χ3n) is 5.91. The van der Waals surface area contributed by atoms with Crippen LogP contribution in [0.25, 0.3) is 6.08 Å². The number of ether oxygens (including phenoxy) is 1. The number of likely N-dealkylation sites (tertiary alicyclic amines) is 1. The van der Waals surface area contributed by atoms with Crippen molar-refractivity contribution in [2.45, 2.75) is 32.0 Å². The van der Waals surface area contributed by atoms with E-state index in [1.165, 1.54) is 29.3 Å². The van der Waals surface area contributed by atoms with Crippen molar-refractivity contribution in [3.05, 3.63) is 89.5 Å². The van der Waals surface area contributed by atoms with Gasteiger partial charge in [-0.05, 0) is 48.5 Å². The molecule has 0 N–H and O–H groups in total. The van der Waals surface area contributed by atoms with Gasteiger partial charge in [-0.3, -0.25) is 14.4 Å². The molecule has 4 rings (SSSR count). The zero-order valence-corrected chi connectivity index (χ0v) is 19.7. The summed E-state index contributed by atoms with van der Waals surface area (Å²) in [5, 5.41) is 4.22. The number of benzene rings is 2. The molecule has 1 aliphatic rings. The average molecular weight is 463 g/mol. The molecule has 6 nitrogen and oxygen atoms in total. The molecule has 0 spiro atoms. The molecule has 34 heavy (non-hydrogen) atoms. The van der Waals surface area contributed by atoms with Gasteiger partial charge in [-0.1, -0.05) is 24.3 Å². The minimum atomic E-state index is -0.308. The first-order valence-corrected chi connectivity index (χ1v) is 11.6. The first-order valence-electron chi connectivity index (χ1n) is 11.6. The van der Waals surface area contributed by atoms with Gasteiger partial charge >= 0.3 is 0 Å². The second-order valence-corrected chi connectivity index (χ2v) is 8.87. The quantitative estimate of drug-likeness (QED) is 0.469. The molecule has 0 aliphatic carbocycles. The van der Waals surface area contributed by atoms with E-state index in [9.17, 15) is 9.18 Å². The number of hydrogen-bond donors (Lipinski definition) is 0. The molecule has 1 saturated heterocycles. The molecule has 0 atom stereocenters. The summed E-state index contributed by atoms with van der Waals surface area (Å²) >= 11 is 0. The Morgan fingerprint density at radius 1 is 1.15 bits per heavy atom. The fraction of sp³-hybridized carbons (Fsp3) is 0.333. The number of amides is 1. The monoisotopic (exact) mass is 462 g/mol. The second kappa shape index (κ2) is 11.1. The SMILES string of the molecule is CN(Cc1ccc(OC2CCN(C(=O)C=Cc3cccc(F)c3)CC2)cc1)Cc1cnn(C)c1. The van der Waals surface area contributed by atoms with Crippen molar-refractivity contribution < 1.29 is 13.9 Å². The Bertz CT molecular complexity index is 1120. The summed E-state index contributed by atoms with van der Waals surface area (Å²) in [6.45, 7) is 2.99. The fourth-order valence-corrected chi connectivity index (χ4v) is 4.18. The Morgan fingerprint density at radius 2 is 1.88 bits per heavy atom. The highest BCUT2D eigenvalue weighted by Gasteiger charge is 2.22. The summed E-state index contributed by atoms with van der Waals surface area (Å²) in [5.74, 6) is 0.495. The van der Waals surface area contributed by atoms with E-state index >= 15 is 0 Å². The van der Waals surface area contributed by atoms with Crippen molar-refractivity contribution in [3.8, 4) is 5.75 Å². The summed E-state index contributed by atoms with van der Waals surface area (Å²) in [7, 11) is 4.02. The molecule has 0 bridgehead atoms. The van der Waals surface area contributed by atoms with Gasteiger partial charge in [0.2, 0.25) is 5.91 Å². The lowest BCUT2D eigenvalue weighted by Crippen LogP contribution is -2.41. The molecule has 0 saturated carbocycles. The number of carbonyl (C=O) groups excluding carboxylic acids is 1. The van der Waals surface area contributed by atoms with Gasteiger partial charge in [0.15, 0.2) is 0 Å². The molecule has 0 radical (unpaired) electrons. The second-order valence-electron chi connectivity index (χ2n) is 8.87. The van der Waals surface area contributed by atoms with E-state index in [4.69, 9.17) is 4.74 Å². The number of aromatic nitrogens is 2. The minimum Gasteiger partial charge on any atom is -0.490 e. The molecule has 1 aliphatic heterocycles. The van der Waals surface area contributed by atoms with Crippen molar-refractivity contribution in [2.24, 2.45) is 7.05 Å². The number of carbonyl (C=O) groups is 1. The summed E-state index contributed by atoms with van der Waals surface area (Å²) in [4.78, 5) is 16.5. The number of nitrogens with zero attached hydrogens (tertiary/aromatic N) is 4. The highest BCUT2D eigenvalue weighted by Crippen LogP contribution is 2.21. The molecule has 2 heterocycles. The summed E-state index contributed by atoms with van der Waals surface area (Å²) < 4.78 is 21.3. The Balaban J connectivity index is 1.21. The van der Waals surface area contributed by atoms with Crippen molar-refractivity contribution in [2.75, 3.05) is 20.1 Å². The van der Waals surface area contributed by atoms with Gasteiger partial charge in [-0.2, -0.15) is 5.10 Å². The largest absolute Gasteiger partial charge is 0.490 e. The highest BCUT2D eigenvalue weighted by atomic mass is 19.1. The highest BCUT2D eigenvalue weighted by molar-refractivity contribution is 5.91. The third-order valence-corrected chi connectivity index (χ3v) is 5.91. The summed E-state index contributed by atoms with van der Waals surface area (Å²) in [6.07, 6.45) is 8.77. The standard InChI is InChI=1S/C27H31FN4O2/c1-30(19-23-17-29-31(2)20-23)18-22-6-9-25(10-7-22)34-26-12-14-32(15-13-26)27(33)11-8-21-4-3-5-24(28)16-21/h3-11,16-17,20,26H,12-15,18-19H2,1-2H3. The number of halogens is 1. The molecule has 1 fully saturated rings. The van der Waals surface area contributed by atoms with Crippen LogP contribution in [0.3, 0.4) is 0 Å². The van der Waals surface area contributed by atoms with Crippen LogP contribution in [0.4, 0.5) is 4.39 Å². The maximum Gasteiger partial charge on any atom is 0.246 e. The lowest BCUT2D eigenvalue weighted by Gasteiger charge is -2.31. The van der Waals surface area contributed by atoms with E-state index in [1.54, 1.807) is 18.2 Å². The predicted octanol–water partition coefficient (Wildman–Crippen LogP) is 4.27. The van der Waals surface area contributed by atoms with Crippen molar-refractivity contribution in [1.29, 1.82) is 0 Å².